The van der Waals surface area contributed by atoms with Crippen molar-refractivity contribution in [2.75, 3.05) is 18.5 Å². The lowest BCUT2D eigenvalue weighted by Crippen LogP contribution is -2.16. The molecule has 24 heavy (non-hydrogen) atoms. The highest BCUT2D eigenvalue weighted by atomic mass is 16.5. The van der Waals surface area contributed by atoms with E-state index in [0.29, 0.717) is 18.9 Å². The number of amides is 1. The first-order valence-corrected chi connectivity index (χ1v) is 7.57. The normalized spacial score (nSPS) is 10.5. The van der Waals surface area contributed by atoms with Crippen molar-refractivity contribution in [1.29, 1.82) is 0 Å². The van der Waals surface area contributed by atoms with Crippen molar-refractivity contribution in [3.8, 4) is 11.3 Å². The van der Waals surface area contributed by atoms with E-state index in [-0.39, 0.29) is 6.61 Å². The lowest BCUT2D eigenvalue weighted by molar-refractivity contribution is 0.156. The number of hydrogen-bond donors (Lipinski definition) is 2. The first-order chi connectivity index (χ1) is 11.7. The molecule has 0 aliphatic carbocycles. The summed E-state index contributed by atoms with van der Waals surface area (Å²) < 4.78 is 4.66. The zero-order valence-corrected chi connectivity index (χ0v) is 13.0. The molecule has 2 heterocycles. The van der Waals surface area contributed by atoms with E-state index in [1.807, 2.05) is 30.3 Å². The SMILES string of the molecule is NC(=O)OCCCNc1nccc(-c2cnc3ccccc3c2)n1. The van der Waals surface area contributed by atoms with Crippen LogP contribution in [0.3, 0.4) is 0 Å². The summed E-state index contributed by atoms with van der Waals surface area (Å²) in [6.45, 7) is 0.837. The Morgan fingerprint density at radius 3 is 2.96 bits per heavy atom. The first-order valence-electron chi connectivity index (χ1n) is 7.57. The van der Waals surface area contributed by atoms with Crippen LogP contribution in [0.25, 0.3) is 22.2 Å². The third-order valence-corrected chi connectivity index (χ3v) is 3.39. The monoisotopic (exact) mass is 323 g/mol. The number of benzene rings is 1. The summed E-state index contributed by atoms with van der Waals surface area (Å²) in [5, 5.41) is 4.15. The average Bonchev–Trinajstić information content (AvgIpc) is 2.61. The molecule has 0 spiro atoms. The van der Waals surface area contributed by atoms with E-state index < -0.39 is 6.09 Å². The van der Waals surface area contributed by atoms with Crippen molar-refractivity contribution in [1.82, 2.24) is 15.0 Å². The Morgan fingerprint density at radius 1 is 1.21 bits per heavy atom. The van der Waals surface area contributed by atoms with Gasteiger partial charge >= 0.3 is 6.09 Å². The van der Waals surface area contributed by atoms with E-state index >= 15 is 0 Å². The predicted octanol–water partition coefficient (Wildman–Crippen LogP) is 2.59. The van der Waals surface area contributed by atoms with Gasteiger partial charge in [0.2, 0.25) is 5.95 Å². The minimum atomic E-state index is -0.767. The molecule has 122 valence electrons. The molecule has 1 aromatic carbocycles. The fourth-order valence-electron chi connectivity index (χ4n) is 2.26. The van der Waals surface area contributed by atoms with Gasteiger partial charge in [-0.2, -0.15) is 0 Å². The van der Waals surface area contributed by atoms with Crippen molar-refractivity contribution in [2.45, 2.75) is 6.42 Å². The summed E-state index contributed by atoms with van der Waals surface area (Å²) in [4.78, 5) is 23.6. The molecule has 0 fully saturated rings. The Bertz CT molecular complexity index is 853. The number of nitrogens with one attached hydrogen (secondary N) is 1. The number of carbonyl (C=O) groups excluding carboxylic acids is 1. The molecule has 0 aliphatic rings. The molecule has 0 bridgehead atoms. The van der Waals surface area contributed by atoms with Crippen molar-refractivity contribution >= 4 is 22.9 Å². The number of para-hydroxylation sites is 1. The summed E-state index contributed by atoms with van der Waals surface area (Å²) in [5.41, 5.74) is 7.56. The number of carbonyl (C=O) groups is 1. The lowest BCUT2D eigenvalue weighted by Gasteiger charge is -2.07. The van der Waals surface area contributed by atoms with Crippen molar-refractivity contribution in [3.63, 3.8) is 0 Å². The third-order valence-electron chi connectivity index (χ3n) is 3.39. The third kappa shape index (κ3) is 3.95. The van der Waals surface area contributed by atoms with Gasteiger partial charge in [0.05, 0.1) is 17.8 Å². The van der Waals surface area contributed by atoms with E-state index in [9.17, 15) is 4.79 Å². The Kier molecular flexibility index (Phi) is 4.81. The highest BCUT2D eigenvalue weighted by molar-refractivity contribution is 5.82. The molecule has 0 radical (unpaired) electrons. The Balaban J connectivity index is 1.68. The second kappa shape index (κ2) is 7.36. The van der Waals surface area contributed by atoms with Crippen LogP contribution in [0.15, 0.2) is 48.8 Å². The number of nitrogens with two attached hydrogens (primary N) is 1. The van der Waals surface area contributed by atoms with Gasteiger partial charge < -0.3 is 15.8 Å². The second-order valence-electron chi connectivity index (χ2n) is 5.13. The zero-order chi connectivity index (χ0) is 16.8. The Labute approximate surface area is 138 Å². The number of fused-ring (bicyclic) bond motifs is 1. The van der Waals surface area contributed by atoms with Gasteiger partial charge in [-0.3, -0.25) is 4.98 Å². The molecule has 3 rings (SSSR count). The number of pyridine rings is 1. The number of rotatable bonds is 6. The van der Waals surface area contributed by atoms with Crippen molar-refractivity contribution < 1.29 is 9.53 Å². The summed E-state index contributed by atoms with van der Waals surface area (Å²) in [6.07, 6.45) is 3.35. The van der Waals surface area contributed by atoms with Gasteiger partial charge in [0.25, 0.3) is 0 Å². The van der Waals surface area contributed by atoms with Crippen LogP contribution in [0.2, 0.25) is 0 Å². The highest BCUT2D eigenvalue weighted by Gasteiger charge is 2.04. The second-order valence-corrected chi connectivity index (χ2v) is 5.13. The molecule has 7 nitrogen and oxygen atoms in total. The predicted molar refractivity (Wildman–Crippen MR) is 91.4 cm³/mol. The molecule has 0 saturated heterocycles. The molecule has 2 aromatic heterocycles. The van der Waals surface area contributed by atoms with Crippen LogP contribution in [0, 0.1) is 0 Å². The molecule has 1 amide bonds. The molecule has 0 saturated carbocycles. The molecule has 3 N–H and O–H groups in total. The Hall–Kier alpha value is -3.22. The fourth-order valence-corrected chi connectivity index (χ4v) is 2.26. The van der Waals surface area contributed by atoms with Gasteiger partial charge in [-0.25, -0.2) is 14.8 Å². The van der Waals surface area contributed by atoms with Crippen LogP contribution >= 0.6 is 0 Å². The van der Waals surface area contributed by atoms with Gasteiger partial charge in [0.1, 0.15) is 0 Å². The number of ether oxygens (including phenoxy) is 1. The van der Waals surface area contributed by atoms with Crippen LogP contribution < -0.4 is 11.1 Å². The smallest absolute Gasteiger partial charge is 0.404 e. The summed E-state index contributed by atoms with van der Waals surface area (Å²) in [7, 11) is 0. The van der Waals surface area contributed by atoms with E-state index in [4.69, 9.17) is 5.73 Å². The highest BCUT2D eigenvalue weighted by Crippen LogP contribution is 2.21. The molecule has 0 unspecified atom stereocenters. The summed E-state index contributed by atoms with van der Waals surface area (Å²) in [5.74, 6) is 0.514. The van der Waals surface area contributed by atoms with Crippen LogP contribution in [0.5, 0.6) is 0 Å². The van der Waals surface area contributed by atoms with Crippen molar-refractivity contribution in [2.24, 2.45) is 5.73 Å². The molecule has 0 aliphatic heterocycles. The quantitative estimate of drug-likeness (QED) is 0.676. The average molecular weight is 323 g/mol. The molecule has 3 aromatic rings. The molecular formula is C17H17N5O2. The van der Waals surface area contributed by atoms with E-state index in [1.165, 1.54) is 0 Å². The number of hydrogen-bond acceptors (Lipinski definition) is 6. The molecule has 7 heteroatoms. The Morgan fingerprint density at radius 2 is 2.08 bits per heavy atom. The van der Waals surface area contributed by atoms with Crippen LogP contribution in [0.1, 0.15) is 6.42 Å². The standard InChI is InChI=1S/C17H17N5O2/c18-16(23)24-9-3-7-19-17-20-8-6-15(22-17)13-10-12-4-1-2-5-14(12)21-11-13/h1-2,4-6,8,10-11H,3,7,9H2,(H2,18,23)(H,19,20,22). The maximum Gasteiger partial charge on any atom is 0.404 e. The summed E-state index contributed by atoms with van der Waals surface area (Å²) >= 11 is 0. The van der Waals surface area contributed by atoms with Crippen molar-refractivity contribution in [3.05, 3.63) is 48.8 Å². The van der Waals surface area contributed by atoms with Gasteiger partial charge in [-0.15, -0.1) is 0 Å². The zero-order valence-electron chi connectivity index (χ0n) is 13.0. The number of primary amides is 1. The lowest BCUT2D eigenvalue weighted by atomic mass is 10.1. The number of anilines is 1. The first kappa shape index (κ1) is 15.7. The van der Waals surface area contributed by atoms with Gasteiger partial charge in [-0.1, -0.05) is 18.2 Å². The van der Waals surface area contributed by atoms with E-state index in [1.54, 1.807) is 12.4 Å². The van der Waals surface area contributed by atoms with Crippen LogP contribution in [-0.4, -0.2) is 34.2 Å². The van der Waals surface area contributed by atoms with Gasteiger partial charge in [0, 0.05) is 29.9 Å². The van der Waals surface area contributed by atoms with Gasteiger partial charge in [-0.05, 0) is 24.6 Å². The minimum Gasteiger partial charge on any atom is -0.450 e. The minimum absolute atomic E-state index is 0.261. The summed E-state index contributed by atoms with van der Waals surface area (Å²) in [6, 6.07) is 11.8. The molecular weight excluding hydrogens is 306 g/mol. The van der Waals surface area contributed by atoms with E-state index in [0.717, 1.165) is 22.2 Å². The fraction of sp³-hybridized carbons (Fsp3) is 0.176. The maximum atomic E-state index is 10.5. The number of aromatic nitrogens is 3. The molecule has 0 atom stereocenters. The van der Waals surface area contributed by atoms with E-state index in [2.05, 4.69) is 31.1 Å². The largest absolute Gasteiger partial charge is 0.450 e. The number of nitrogens with zero attached hydrogens (tertiary/aromatic N) is 3. The maximum absolute atomic E-state index is 10.5. The van der Waals surface area contributed by atoms with Crippen LogP contribution in [0.4, 0.5) is 10.7 Å². The topological polar surface area (TPSA) is 103 Å². The van der Waals surface area contributed by atoms with Gasteiger partial charge in [0.15, 0.2) is 0 Å². The van der Waals surface area contributed by atoms with Crippen LogP contribution in [-0.2, 0) is 4.74 Å².